The number of carbonyl (C=O) groups is 3. The van der Waals surface area contributed by atoms with Crippen LogP contribution in [0.4, 0.5) is 13.2 Å². The Bertz CT molecular complexity index is 382. The monoisotopic (exact) mass is 268 g/mol. The van der Waals surface area contributed by atoms with Crippen molar-refractivity contribution in [3.8, 4) is 0 Å². The molecule has 2 amide bonds. The topological polar surface area (TPSA) is 101 Å². The molecule has 0 spiro atoms. The molecule has 1 aliphatic heterocycles. The number of halogens is 3. The Morgan fingerprint density at radius 1 is 1.28 bits per heavy atom. The fraction of sp³-hybridized carbons (Fsp3) is 0.667. The summed E-state index contributed by atoms with van der Waals surface area (Å²) >= 11 is 0. The van der Waals surface area contributed by atoms with Crippen LogP contribution < -0.4 is 5.73 Å². The molecule has 1 saturated heterocycles. The van der Waals surface area contributed by atoms with Crippen LogP contribution in [0.1, 0.15) is 12.8 Å². The highest BCUT2D eigenvalue weighted by atomic mass is 19.4. The molecule has 6 nitrogen and oxygen atoms in total. The molecule has 1 fully saturated rings. The van der Waals surface area contributed by atoms with Gasteiger partial charge in [0.2, 0.25) is 5.91 Å². The van der Waals surface area contributed by atoms with E-state index in [4.69, 9.17) is 10.8 Å². The Morgan fingerprint density at radius 2 is 1.83 bits per heavy atom. The van der Waals surface area contributed by atoms with Gasteiger partial charge in [-0.05, 0) is 12.8 Å². The van der Waals surface area contributed by atoms with Gasteiger partial charge in [0.05, 0.1) is 5.92 Å². The summed E-state index contributed by atoms with van der Waals surface area (Å²) in [6, 6.07) is -1.53. The van der Waals surface area contributed by atoms with E-state index in [2.05, 4.69) is 0 Å². The number of nitrogens with two attached hydrogens (primary N) is 1. The number of carboxylic acids is 1. The molecule has 0 aromatic carbocycles. The Labute approximate surface area is 99.5 Å². The normalized spacial score (nSPS) is 24.7. The molecule has 0 unspecified atom stereocenters. The van der Waals surface area contributed by atoms with Crippen LogP contribution in [0.15, 0.2) is 0 Å². The Kier molecular flexibility index (Phi) is 3.82. The van der Waals surface area contributed by atoms with Gasteiger partial charge in [0.1, 0.15) is 6.04 Å². The standard InChI is InChI=1S/C9H11F3N2O4/c10-9(11,12)8(18)14-2-1-4(7(16)17)3-5(14)6(13)15/h4-5H,1-3H2,(H2,13,15)(H,16,17)/t4-,5+/m1/s1. The maximum Gasteiger partial charge on any atom is 0.471 e. The van der Waals surface area contributed by atoms with Gasteiger partial charge in [-0.15, -0.1) is 0 Å². The molecule has 0 saturated carbocycles. The number of likely N-dealkylation sites (tertiary alicyclic amines) is 1. The van der Waals surface area contributed by atoms with Crippen LogP contribution in [-0.2, 0) is 14.4 Å². The van der Waals surface area contributed by atoms with Crippen LogP contribution in [0.3, 0.4) is 0 Å². The van der Waals surface area contributed by atoms with Crippen molar-refractivity contribution in [2.24, 2.45) is 11.7 Å². The first-order valence-electron chi connectivity index (χ1n) is 5.04. The number of hydrogen-bond acceptors (Lipinski definition) is 3. The minimum Gasteiger partial charge on any atom is -0.481 e. The first kappa shape index (κ1) is 14.3. The fourth-order valence-electron chi connectivity index (χ4n) is 1.87. The molecule has 2 atom stereocenters. The maximum atomic E-state index is 12.3. The third kappa shape index (κ3) is 2.90. The molecular formula is C9H11F3N2O4. The van der Waals surface area contributed by atoms with Gasteiger partial charge in [-0.25, -0.2) is 0 Å². The zero-order valence-electron chi connectivity index (χ0n) is 9.11. The van der Waals surface area contributed by atoms with Crippen LogP contribution in [0.25, 0.3) is 0 Å². The van der Waals surface area contributed by atoms with Crippen LogP contribution in [0.2, 0.25) is 0 Å². The molecular weight excluding hydrogens is 257 g/mol. The van der Waals surface area contributed by atoms with E-state index < -0.39 is 48.9 Å². The zero-order valence-corrected chi connectivity index (χ0v) is 9.11. The summed E-state index contributed by atoms with van der Waals surface area (Å²) in [6.45, 7) is -0.455. The van der Waals surface area contributed by atoms with Crippen molar-refractivity contribution in [1.82, 2.24) is 4.90 Å². The van der Waals surface area contributed by atoms with Crippen LogP contribution in [0.5, 0.6) is 0 Å². The van der Waals surface area contributed by atoms with Crippen LogP contribution >= 0.6 is 0 Å². The van der Waals surface area contributed by atoms with Crippen molar-refractivity contribution in [3.05, 3.63) is 0 Å². The van der Waals surface area contributed by atoms with E-state index in [1.54, 1.807) is 0 Å². The SMILES string of the molecule is NC(=O)[C@@H]1C[C@H](C(=O)O)CCN1C(=O)C(F)(F)F. The van der Waals surface area contributed by atoms with Crippen molar-refractivity contribution in [1.29, 1.82) is 0 Å². The average molecular weight is 268 g/mol. The fourth-order valence-corrected chi connectivity index (χ4v) is 1.87. The second kappa shape index (κ2) is 4.83. The molecule has 3 N–H and O–H groups in total. The summed E-state index contributed by atoms with van der Waals surface area (Å²) in [5, 5.41) is 8.74. The van der Waals surface area contributed by atoms with Crippen molar-refractivity contribution in [3.63, 3.8) is 0 Å². The second-order valence-electron chi connectivity index (χ2n) is 3.97. The molecule has 0 bridgehead atoms. The van der Waals surface area contributed by atoms with Gasteiger partial charge >= 0.3 is 18.1 Å². The zero-order chi connectivity index (χ0) is 14.1. The number of carbonyl (C=O) groups excluding carboxylic acids is 2. The predicted molar refractivity (Wildman–Crippen MR) is 51.1 cm³/mol. The summed E-state index contributed by atoms with van der Waals surface area (Å²) < 4.78 is 36.8. The van der Waals surface area contributed by atoms with Crippen molar-refractivity contribution >= 4 is 17.8 Å². The van der Waals surface area contributed by atoms with Crippen LogP contribution in [0, 0.1) is 5.92 Å². The predicted octanol–water partition coefficient (Wildman–Crippen LogP) is -0.274. The molecule has 0 aliphatic carbocycles. The summed E-state index contributed by atoms with van der Waals surface area (Å²) in [6.07, 6.45) is -5.64. The molecule has 18 heavy (non-hydrogen) atoms. The van der Waals surface area contributed by atoms with E-state index in [9.17, 15) is 27.6 Å². The highest BCUT2D eigenvalue weighted by molar-refractivity contribution is 5.90. The third-order valence-corrected chi connectivity index (χ3v) is 2.78. The molecule has 0 radical (unpaired) electrons. The van der Waals surface area contributed by atoms with E-state index >= 15 is 0 Å². The van der Waals surface area contributed by atoms with Crippen molar-refractivity contribution < 1.29 is 32.7 Å². The van der Waals surface area contributed by atoms with Gasteiger partial charge in [-0.2, -0.15) is 13.2 Å². The van der Waals surface area contributed by atoms with E-state index in [0.29, 0.717) is 4.90 Å². The molecule has 1 heterocycles. The van der Waals surface area contributed by atoms with Gasteiger partial charge < -0.3 is 15.7 Å². The van der Waals surface area contributed by atoms with Crippen LogP contribution in [-0.4, -0.2) is 46.6 Å². The highest BCUT2D eigenvalue weighted by Crippen LogP contribution is 2.28. The molecule has 0 aromatic rings. The van der Waals surface area contributed by atoms with E-state index in [1.165, 1.54) is 0 Å². The van der Waals surface area contributed by atoms with Gasteiger partial charge in [-0.1, -0.05) is 0 Å². The summed E-state index contributed by atoms with van der Waals surface area (Å²) in [5.41, 5.74) is 4.91. The smallest absolute Gasteiger partial charge is 0.471 e. The molecule has 0 aromatic heterocycles. The average Bonchev–Trinajstić information content (AvgIpc) is 2.25. The quantitative estimate of drug-likeness (QED) is 0.719. The van der Waals surface area contributed by atoms with Gasteiger partial charge in [0.25, 0.3) is 0 Å². The number of rotatable bonds is 2. The lowest BCUT2D eigenvalue weighted by Gasteiger charge is -2.36. The second-order valence-corrected chi connectivity index (χ2v) is 3.97. The largest absolute Gasteiger partial charge is 0.481 e. The number of carboxylic acid groups (broad SMARTS) is 1. The molecule has 102 valence electrons. The van der Waals surface area contributed by atoms with Gasteiger partial charge in [-0.3, -0.25) is 14.4 Å². The number of aliphatic carboxylic acids is 1. The Balaban J connectivity index is 2.90. The first-order chi connectivity index (χ1) is 8.14. The van der Waals surface area contributed by atoms with E-state index in [-0.39, 0.29) is 6.42 Å². The first-order valence-corrected chi connectivity index (χ1v) is 5.04. The maximum absolute atomic E-state index is 12.3. The highest BCUT2D eigenvalue weighted by Gasteiger charge is 2.48. The molecule has 9 heteroatoms. The molecule has 1 rings (SSSR count). The van der Waals surface area contributed by atoms with Crippen molar-refractivity contribution in [2.45, 2.75) is 25.1 Å². The summed E-state index contributed by atoms with van der Waals surface area (Å²) in [4.78, 5) is 33.1. The minimum absolute atomic E-state index is 0.138. The number of nitrogens with zero attached hydrogens (tertiary/aromatic N) is 1. The number of alkyl halides is 3. The lowest BCUT2D eigenvalue weighted by Crippen LogP contribution is -2.56. The number of piperidine rings is 1. The number of primary amides is 1. The summed E-state index contributed by atoms with van der Waals surface area (Å²) in [7, 11) is 0. The van der Waals surface area contributed by atoms with E-state index in [1.807, 2.05) is 0 Å². The number of amides is 2. The lowest BCUT2D eigenvalue weighted by atomic mass is 9.90. The van der Waals surface area contributed by atoms with Gasteiger partial charge in [0, 0.05) is 6.54 Å². The van der Waals surface area contributed by atoms with Crippen molar-refractivity contribution in [2.75, 3.05) is 6.54 Å². The third-order valence-electron chi connectivity index (χ3n) is 2.78. The van der Waals surface area contributed by atoms with Gasteiger partial charge in [0.15, 0.2) is 0 Å². The number of hydrogen-bond donors (Lipinski definition) is 2. The lowest BCUT2D eigenvalue weighted by molar-refractivity contribution is -0.190. The Morgan fingerprint density at radius 3 is 2.22 bits per heavy atom. The minimum atomic E-state index is -5.11. The molecule has 1 aliphatic rings. The van der Waals surface area contributed by atoms with E-state index in [0.717, 1.165) is 0 Å². The summed E-state index contributed by atoms with van der Waals surface area (Å²) in [5.74, 6) is -5.51. The Hall–Kier alpha value is -1.80.